The summed E-state index contributed by atoms with van der Waals surface area (Å²) in [7, 11) is 0. The predicted molar refractivity (Wildman–Crippen MR) is 74.4 cm³/mol. The van der Waals surface area contributed by atoms with Gasteiger partial charge in [-0.1, -0.05) is 0 Å². The molecule has 21 heavy (non-hydrogen) atoms. The van der Waals surface area contributed by atoms with Crippen molar-refractivity contribution in [1.82, 2.24) is 15.0 Å². The molecule has 1 N–H and O–H groups in total. The van der Waals surface area contributed by atoms with E-state index in [2.05, 4.69) is 25.0 Å². The minimum absolute atomic E-state index is 0.0404. The number of anilines is 1. The summed E-state index contributed by atoms with van der Waals surface area (Å²) < 4.78 is 28.3. The lowest BCUT2D eigenvalue weighted by Gasteiger charge is -2.11. The fourth-order valence-corrected chi connectivity index (χ4v) is 1.80. The molecule has 2 aromatic rings. The molecule has 2 heterocycles. The van der Waals surface area contributed by atoms with Crippen molar-refractivity contribution in [3.8, 4) is 5.75 Å². The van der Waals surface area contributed by atoms with Crippen LogP contribution < -0.4 is 10.1 Å². The monoisotopic (exact) mass is 294 g/mol. The second-order valence-corrected chi connectivity index (χ2v) is 4.55. The molecular weight excluding hydrogens is 278 g/mol. The van der Waals surface area contributed by atoms with Gasteiger partial charge in [0.05, 0.1) is 18.4 Å². The van der Waals surface area contributed by atoms with Crippen LogP contribution in [0.4, 0.5) is 14.6 Å². The summed E-state index contributed by atoms with van der Waals surface area (Å²) in [6.07, 6.45) is 1.27. The van der Waals surface area contributed by atoms with Crippen LogP contribution >= 0.6 is 0 Å². The van der Waals surface area contributed by atoms with E-state index in [0.717, 1.165) is 17.1 Å². The van der Waals surface area contributed by atoms with Crippen LogP contribution in [0.15, 0.2) is 18.3 Å². The Labute approximate surface area is 121 Å². The quantitative estimate of drug-likeness (QED) is 0.918. The average molecular weight is 294 g/mol. The molecule has 0 spiro atoms. The molecule has 7 heteroatoms. The molecule has 0 aromatic carbocycles. The van der Waals surface area contributed by atoms with Gasteiger partial charge in [0.15, 0.2) is 0 Å². The van der Waals surface area contributed by atoms with Crippen LogP contribution in [0.3, 0.4) is 0 Å². The summed E-state index contributed by atoms with van der Waals surface area (Å²) in [6.45, 7) is 3.27. The molecule has 0 fully saturated rings. The Bertz CT molecular complexity index is 617. The highest BCUT2D eigenvalue weighted by molar-refractivity contribution is 5.45. The number of pyridine rings is 1. The highest BCUT2D eigenvalue weighted by atomic mass is 19.3. The van der Waals surface area contributed by atoms with Crippen LogP contribution in [0.25, 0.3) is 0 Å². The van der Waals surface area contributed by atoms with Gasteiger partial charge in [-0.05, 0) is 32.9 Å². The maximum atomic E-state index is 12.0. The third kappa shape index (κ3) is 4.08. The molecule has 5 nitrogen and oxygen atoms in total. The van der Waals surface area contributed by atoms with Gasteiger partial charge in [-0.25, -0.2) is 9.97 Å². The Hall–Kier alpha value is -2.31. The summed E-state index contributed by atoms with van der Waals surface area (Å²) in [5, 5.41) is 3.17. The van der Waals surface area contributed by atoms with Crippen LogP contribution in [-0.2, 0) is 6.54 Å². The number of alkyl halides is 2. The summed E-state index contributed by atoms with van der Waals surface area (Å²) in [6, 6.07) is 3.08. The zero-order valence-corrected chi connectivity index (χ0v) is 12.0. The summed E-state index contributed by atoms with van der Waals surface area (Å²) in [5.74, 6) is 1.47. The van der Waals surface area contributed by atoms with Gasteiger partial charge in [0.25, 0.3) is 0 Å². The van der Waals surface area contributed by atoms with Crippen molar-refractivity contribution < 1.29 is 13.5 Å². The smallest absolute Gasteiger partial charge is 0.387 e. The van der Waals surface area contributed by atoms with Crippen LogP contribution in [0.2, 0.25) is 0 Å². The number of nitrogens with zero attached hydrogens (tertiary/aromatic N) is 3. The van der Waals surface area contributed by atoms with Crippen LogP contribution in [0, 0.1) is 20.8 Å². The Morgan fingerprint density at radius 2 is 1.95 bits per heavy atom. The molecule has 0 aliphatic carbocycles. The molecule has 0 amide bonds. The van der Waals surface area contributed by atoms with E-state index >= 15 is 0 Å². The van der Waals surface area contributed by atoms with E-state index < -0.39 is 6.61 Å². The van der Waals surface area contributed by atoms with Crippen LogP contribution in [0.5, 0.6) is 5.75 Å². The molecule has 2 rings (SSSR count). The lowest BCUT2D eigenvalue weighted by atomic mass is 10.2. The van der Waals surface area contributed by atoms with E-state index in [1.54, 1.807) is 6.07 Å². The van der Waals surface area contributed by atoms with Gasteiger partial charge >= 0.3 is 6.61 Å². The maximum absolute atomic E-state index is 12.0. The van der Waals surface area contributed by atoms with Gasteiger partial charge in [-0.15, -0.1) is 0 Å². The van der Waals surface area contributed by atoms with E-state index in [1.165, 1.54) is 12.3 Å². The Balaban J connectivity index is 2.03. The second kappa shape index (κ2) is 6.43. The first-order valence-electron chi connectivity index (χ1n) is 6.41. The van der Waals surface area contributed by atoms with Crippen molar-refractivity contribution in [2.24, 2.45) is 0 Å². The van der Waals surface area contributed by atoms with Crippen molar-refractivity contribution in [3.05, 3.63) is 41.1 Å². The largest absolute Gasteiger partial charge is 0.433 e. The Kier molecular flexibility index (Phi) is 4.62. The van der Waals surface area contributed by atoms with Gasteiger partial charge in [-0.2, -0.15) is 8.78 Å². The van der Waals surface area contributed by atoms with E-state index in [9.17, 15) is 8.78 Å². The van der Waals surface area contributed by atoms with Gasteiger partial charge in [0.1, 0.15) is 17.4 Å². The number of hydrogen-bond acceptors (Lipinski definition) is 5. The Morgan fingerprint density at radius 1 is 1.19 bits per heavy atom. The lowest BCUT2D eigenvalue weighted by molar-refractivity contribution is -0.0500. The van der Waals surface area contributed by atoms with E-state index in [1.807, 2.05) is 20.8 Å². The number of rotatable bonds is 5. The molecule has 0 bridgehead atoms. The normalized spacial score (nSPS) is 10.8. The second-order valence-electron chi connectivity index (χ2n) is 4.55. The first-order valence-corrected chi connectivity index (χ1v) is 6.41. The summed E-state index contributed by atoms with van der Waals surface area (Å²) >= 11 is 0. The van der Waals surface area contributed by atoms with Gasteiger partial charge < -0.3 is 10.1 Å². The SMILES string of the molecule is Cc1nc(C)c(C)c(NCc2ccc(OC(F)F)cn2)n1. The van der Waals surface area contributed by atoms with Crippen LogP contribution in [-0.4, -0.2) is 21.6 Å². The number of hydrogen-bond donors (Lipinski definition) is 1. The first-order chi connectivity index (χ1) is 9.95. The van der Waals surface area contributed by atoms with Gasteiger partial charge in [0.2, 0.25) is 0 Å². The zero-order chi connectivity index (χ0) is 15.4. The molecule has 0 saturated heterocycles. The van der Waals surface area contributed by atoms with Crippen molar-refractivity contribution in [3.63, 3.8) is 0 Å². The molecule has 0 aliphatic heterocycles. The standard InChI is InChI=1S/C14H16F2N4O/c1-8-9(2)19-10(3)20-13(8)18-6-11-4-5-12(7-17-11)21-14(15)16/h4-5,7,14H,6H2,1-3H3,(H,18,19,20). The van der Waals surface area contributed by atoms with Gasteiger partial charge in [-0.3, -0.25) is 4.98 Å². The van der Waals surface area contributed by atoms with Gasteiger partial charge in [0, 0.05) is 11.3 Å². The van der Waals surface area contributed by atoms with Crippen molar-refractivity contribution in [2.45, 2.75) is 33.9 Å². The maximum Gasteiger partial charge on any atom is 0.387 e. The lowest BCUT2D eigenvalue weighted by Crippen LogP contribution is -2.08. The predicted octanol–water partition coefficient (Wildman–Crippen LogP) is 3.01. The van der Waals surface area contributed by atoms with E-state index in [4.69, 9.17) is 0 Å². The van der Waals surface area contributed by atoms with Crippen molar-refractivity contribution >= 4 is 5.82 Å². The minimum Gasteiger partial charge on any atom is -0.433 e. The van der Waals surface area contributed by atoms with Crippen LogP contribution in [0.1, 0.15) is 22.8 Å². The molecule has 0 radical (unpaired) electrons. The number of ether oxygens (including phenoxy) is 1. The molecular formula is C14H16F2N4O. The number of nitrogens with one attached hydrogen (secondary N) is 1. The zero-order valence-electron chi connectivity index (χ0n) is 12.0. The number of aromatic nitrogens is 3. The molecule has 2 aromatic heterocycles. The summed E-state index contributed by atoms with van der Waals surface area (Å²) in [5.41, 5.74) is 2.59. The third-order valence-electron chi connectivity index (χ3n) is 2.96. The molecule has 112 valence electrons. The van der Waals surface area contributed by atoms with E-state index in [0.29, 0.717) is 18.1 Å². The summed E-state index contributed by atoms with van der Waals surface area (Å²) in [4.78, 5) is 12.7. The fourth-order valence-electron chi connectivity index (χ4n) is 1.80. The molecule has 0 aliphatic rings. The first kappa shape index (κ1) is 15.1. The fraction of sp³-hybridized carbons (Fsp3) is 0.357. The van der Waals surface area contributed by atoms with Crippen molar-refractivity contribution in [1.29, 1.82) is 0 Å². The molecule has 0 atom stereocenters. The Morgan fingerprint density at radius 3 is 2.57 bits per heavy atom. The topological polar surface area (TPSA) is 59.9 Å². The highest BCUT2D eigenvalue weighted by Crippen LogP contribution is 2.16. The number of aryl methyl sites for hydroxylation is 2. The third-order valence-corrected chi connectivity index (χ3v) is 2.96. The highest BCUT2D eigenvalue weighted by Gasteiger charge is 2.07. The van der Waals surface area contributed by atoms with Crippen molar-refractivity contribution in [2.75, 3.05) is 5.32 Å². The average Bonchev–Trinajstić information content (AvgIpc) is 2.42. The van der Waals surface area contributed by atoms with E-state index in [-0.39, 0.29) is 5.75 Å². The number of halogens is 2. The molecule has 0 saturated carbocycles. The molecule has 0 unspecified atom stereocenters. The minimum atomic E-state index is -2.84.